The summed E-state index contributed by atoms with van der Waals surface area (Å²) in [6, 6.07) is 4.69. The van der Waals surface area contributed by atoms with Crippen molar-refractivity contribution < 1.29 is 9.18 Å². The highest BCUT2D eigenvalue weighted by atomic mass is 19.1. The van der Waals surface area contributed by atoms with E-state index < -0.39 is 5.82 Å². The van der Waals surface area contributed by atoms with Gasteiger partial charge in [0.05, 0.1) is 23.1 Å². The van der Waals surface area contributed by atoms with Crippen LogP contribution in [0.15, 0.2) is 24.5 Å². The molecule has 0 aliphatic rings. The van der Waals surface area contributed by atoms with Gasteiger partial charge < -0.3 is 11.1 Å². The molecule has 3 aromatic rings. The van der Waals surface area contributed by atoms with E-state index in [9.17, 15) is 9.18 Å². The zero-order valence-electron chi connectivity index (χ0n) is 13.4. The number of amides is 1. The minimum atomic E-state index is -0.544. The Labute approximate surface area is 142 Å². The Kier molecular flexibility index (Phi) is 4.31. The highest BCUT2D eigenvalue weighted by molar-refractivity contribution is 6.09. The lowest BCUT2D eigenvalue weighted by molar-refractivity contribution is 0.0950. The normalized spacial score (nSPS) is 10.6. The summed E-state index contributed by atoms with van der Waals surface area (Å²) in [7, 11) is 0. The van der Waals surface area contributed by atoms with E-state index in [2.05, 4.69) is 20.5 Å². The number of nitrogens with one attached hydrogen (secondary N) is 2. The summed E-state index contributed by atoms with van der Waals surface area (Å²) in [6.45, 7) is 2.44. The average molecular weight is 338 g/mol. The predicted molar refractivity (Wildman–Crippen MR) is 91.0 cm³/mol. The number of rotatable bonds is 4. The van der Waals surface area contributed by atoms with Gasteiger partial charge in [-0.05, 0) is 18.6 Å². The van der Waals surface area contributed by atoms with Crippen molar-refractivity contribution in [2.75, 3.05) is 12.3 Å². The predicted octanol–water partition coefficient (Wildman–Crippen LogP) is 2.36. The molecule has 3 rings (SSSR count). The first kappa shape index (κ1) is 16.4. The van der Waals surface area contributed by atoms with E-state index >= 15 is 0 Å². The molecule has 1 aromatic carbocycles. The van der Waals surface area contributed by atoms with Crippen molar-refractivity contribution in [2.45, 2.75) is 13.3 Å². The number of hydrogen-bond acceptors (Lipinski definition) is 5. The largest absolute Gasteiger partial charge is 0.396 e. The van der Waals surface area contributed by atoms with Crippen LogP contribution in [0, 0.1) is 17.1 Å². The van der Waals surface area contributed by atoms with Crippen molar-refractivity contribution in [3.63, 3.8) is 0 Å². The summed E-state index contributed by atoms with van der Waals surface area (Å²) in [4.78, 5) is 16.3. The Bertz CT molecular complexity index is 1000. The fourth-order valence-corrected chi connectivity index (χ4v) is 2.61. The molecule has 0 aliphatic heterocycles. The minimum absolute atomic E-state index is 0.0867. The van der Waals surface area contributed by atoms with E-state index in [0.29, 0.717) is 17.3 Å². The van der Waals surface area contributed by atoms with Crippen LogP contribution >= 0.6 is 0 Å². The van der Waals surface area contributed by atoms with Crippen LogP contribution in [0.25, 0.3) is 22.0 Å². The molecule has 0 saturated carbocycles. The Hall–Kier alpha value is -3.47. The molecule has 0 radical (unpaired) electrons. The summed E-state index contributed by atoms with van der Waals surface area (Å²) in [6.07, 6.45) is 3.48. The Morgan fingerprint density at radius 2 is 2.20 bits per heavy atom. The van der Waals surface area contributed by atoms with Gasteiger partial charge in [0.15, 0.2) is 5.69 Å². The number of fused-ring (bicyclic) bond motifs is 1. The van der Waals surface area contributed by atoms with Crippen molar-refractivity contribution in [1.29, 1.82) is 5.26 Å². The lowest BCUT2D eigenvalue weighted by atomic mass is 9.99. The van der Waals surface area contributed by atoms with Gasteiger partial charge in [-0.25, -0.2) is 9.37 Å². The van der Waals surface area contributed by atoms with Crippen LogP contribution in [0.1, 0.15) is 29.4 Å². The van der Waals surface area contributed by atoms with Crippen molar-refractivity contribution in [1.82, 2.24) is 20.5 Å². The number of nitrogen functional groups attached to an aromatic ring is 1. The second-order valence-corrected chi connectivity index (χ2v) is 5.43. The molecular weight excluding hydrogens is 323 g/mol. The number of halogens is 1. The number of pyridine rings is 1. The molecule has 0 bridgehead atoms. The summed E-state index contributed by atoms with van der Waals surface area (Å²) in [5, 5.41) is 19.2. The third kappa shape index (κ3) is 2.76. The Morgan fingerprint density at radius 1 is 1.40 bits per heavy atom. The molecule has 4 N–H and O–H groups in total. The number of nitrogens with two attached hydrogens (primary N) is 1. The van der Waals surface area contributed by atoms with Crippen molar-refractivity contribution >= 4 is 22.4 Å². The van der Waals surface area contributed by atoms with Gasteiger partial charge in [0.2, 0.25) is 0 Å². The first-order valence-corrected chi connectivity index (χ1v) is 7.67. The number of anilines is 1. The van der Waals surface area contributed by atoms with Gasteiger partial charge in [-0.1, -0.05) is 6.92 Å². The molecule has 25 heavy (non-hydrogen) atoms. The van der Waals surface area contributed by atoms with E-state index in [1.165, 1.54) is 24.5 Å². The summed E-state index contributed by atoms with van der Waals surface area (Å²) in [5.74, 6) is -0.927. The second-order valence-electron chi connectivity index (χ2n) is 5.43. The fraction of sp³-hybridized carbons (Fsp3) is 0.176. The van der Waals surface area contributed by atoms with Crippen molar-refractivity contribution in [3.05, 3.63) is 41.6 Å². The maximum atomic E-state index is 14.5. The number of carbonyl (C=O) groups is 1. The standard InChI is InChI=1S/C17H15FN6O/c1-2-5-21-17(25)16-14(20)10-3-4-12(18)13(11(10)8-22-16)15-9(6-19)7-23-24-15/h3-4,7-8H,2,5,20H2,1H3,(H,21,25)(H,23,24). The number of hydrogen-bond donors (Lipinski definition) is 3. The first-order chi connectivity index (χ1) is 12.1. The van der Waals surface area contributed by atoms with Crippen molar-refractivity contribution in [2.24, 2.45) is 0 Å². The Morgan fingerprint density at radius 3 is 2.92 bits per heavy atom. The molecule has 1 amide bonds. The van der Waals surface area contributed by atoms with Crippen LogP contribution in [0.3, 0.4) is 0 Å². The molecule has 0 spiro atoms. The molecular formula is C17H15FN6O. The SMILES string of the molecule is CCCNC(=O)c1ncc2c(-c3[nH]ncc3C#N)c(F)ccc2c1N. The summed E-state index contributed by atoms with van der Waals surface area (Å²) in [5.41, 5.74) is 6.94. The second kappa shape index (κ2) is 6.57. The van der Waals surface area contributed by atoms with Gasteiger partial charge in [0.1, 0.15) is 11.9 Å². The van der Waals surface area contributed by atoms with Gasteiger partial charge in [0.25, 0.3) is 5.91 Å². The quantitative estimate of drug-likeness (QED) is 0.674. The zero-order valence-corrected chi connectivity index (χ0v) is 13.4. The minimum Gasteiger partial charge on any atom is -0.396 e. The maximum absolute atomic E-state index is 14.5. The summed E-state index contributed by atoms with van der Waals surface area (Å²) < 4.78 is 14.5. The number of nitrogens with zero attached hydrogens (tertiary/aromatic N) is 3. The average Bonchev–Trinajstić information content (AvgIpc) is 3.08. The molecule has 0 saturated heterocycles. The van der Waals surface area contributed by atoms with Gasteiger partial charge in [0, 0.05) is 29.1 Å². The van der Waals surface area contributed by atoms with Gasteiger partial charge in [-0.15, -0.1) is 0 Å². The molecule has 126 valence electrons. The molecule has 0 unspecified atom stereocenters. The van der Waals surface area contributed by atoms with E-state index in [1.54, 1.807) is 0 Å². The Balaban J connectivity index is 2.21. The van der Waals surface area contributed by atoms with Crippen LogP contribution in [0.5, 0.6) is 0 Å². The van der Waals surface area contributed by atoms with E-state index in [4.69, 9.17) is 11.0 Å². The monoisotopic (exact) mass is 338 g/mol. The van der Waals surface area contributed by atoms with Crippen LogP contribution in [-0.4, -0.2) is 27.6 Å². The van der Waals surface area contributed by atoms with Crippen LogP contribution < -0.4 is 11.1 Å². The lowest BCUT2D eigenvalue weighted by Gasteiger charge is -2.12. The number of nitriles is 1. The van der Waals surface area contributed by atoms with Crippen LogP contribution in [0.2, 0.25) is 0 Å². The number of aromatic amines is 1. The maximum Gasteiger partial charge on any atom is 0.272 e. The summed E-state index contributed by atoms with van der Waals surface area (Å²) >= 11 is 0. The van der Waals surface area contributed by atoms with Crippen molar-refractivity contribution in [3.8, 4) is 17.3 Å². The van der Waals surface area contributed by atoms with E-state index in [-0.39, 0.29) is 34.1 Å². The smallest absolute Gasteiger partial charge is 0.272 e. The highest BCUT2D eigenvalue weighted by Gasteiger charge is 2.20. The molecule has 2 heterocycles. The highest BCUT2D eigenvalue weighted by Crippen LogP contribution is 2.34. The topological polar surface area (TPSA) is 120 Å². The van der Waals surface area contributed by atoms with Gasteiger partial charge in [-0.3, -0.25) is 9.89 Å². The number of aromatic nitrogens is 3. The van der Waals surface area contributed by atoms with Crippen LogP contribution in [-0.2, 0) is 0 Å². The third-order valence-corrected chi connectivity index (χ3v) is 3.82. The molecule has 8 heteroatoms. The van der Waals surface area contributed by atoms with Crippen LogP contribution in [0.4, 0.5) is 10.1 Å². The van der Waals surface area contributed by atoms with Gasteiger partial charge >= 0.3 is 0 Å². The fourth-order valence-electron chi connectivity index (χ4n) is 2.61. The number of carbonyl (C=O) groups excluding carboxylic acids is 1. The van der Waals surface area contributed by atoms with E-state index in [0.717, 1.165) is 6.42 Å². The molecule has 0 aliphatic carbocycles. The molecule has 0 fully saturated rings. The van der Waals surface area contributed by atoms with E-state index in [1.807, 2.05) is 13.0 Å². The third-order valence-electron chi connectivity index (χ3n) is 3.82. The number of benzene rings is 1. The first-order valence-electron chi connectivity index (χ1n) is 7.67. The lowest BCUT2D eigenvalue weighted by Crippen LogP contribution is -2.26. The molecule has 7 nitrogen and oxygen atoms in total. The molecule has 2 aromatic heterocycles. The van der Waals surface area contributed by atoms with Gasteiger partial charge in [-0.2, -0.15) is 10.4 Å². The molecule has 0 atom stereocenters. The zero-order chi connectivity index (χ0) is 18.0. The number of H-pyrrole nitrogens is 1.